The summed E-state index contributed by atoms with van der Waals surface area (Å²) in [6.07, 6.45) is 0.168. The SMILES string of the molecule is CC(=O)Nc1cccc(NC(=O)CCNC(=O)c2cccs2)c1. The van der Waals surface area contributed by atoms with Crippen molar-refractivity contribution in [3.05, 3.63) is 46.7 Å². The Morgan fingerprint density at radius 1 is 1.04 bits per heavy atom. The lowest BCUT2D eigenvalue weighted by Crippen LogP contribution is -2.27. The number of carbonyl (C=O) groups excluding carboxylic acids is 3. The van der Waals surface area contributed by atoms with Crippen LogP contribution in [0.5, 0.6) is 0 Å². The molecule has 120 valence electrons. The van der Waals surface area contributed by atoms with E-state index in [1.54, 1.807) is 36.4 Å². The molecule has 3 amide bonds. The van der Waals surface area contributed by atoms with Crippen LogP contribution in [-0.4, -0.2) is 24.3 Å². The maximum atomic E-state index is 11.9. The third-order valence-corrected chi connectivity index (χ3v) is 3.72. The summed E-state index contributed by atoms with van der Waals surface area (Å²) in [5, 5.41) is 9.89. The minimum absolute atomic E-state index is 0.168. The van der Waals surface area contributed by atoms with Gasteiger partial charge >= 0.3 is 0 Å². The van der Waals surface area contributed by atoms with Crippen molar-refractivity contribution in [2.45, 2.75) is 13.3 Å². The van der Waals surface area contributed by atoms with Gasteiger partial charge in [0.2, 0.25) is 11.8 Å². The smallest absolute Gasteiger partial charge is 0.261 e. The molecule has 23 heavy (non-hydrogen) atoms. The van der Waals surface area contributed by atoms with Crippen LogP contribution < -0.4 is 16.0 Å². The molecular formula is C16H17N3O3S. The predicted octanol–water partition coefficient (Wildman–Crippen LogP) is 2.47. The second kappa shape index (κ2) is 8.09. The number of thiophene rings is 1. The van der Waals surface area contributed by atoms with Crippen LogP contribution in [0, 0.1) is 0 Å². The van der Waals surface area contributed by atoms with Crippen LogP contribution in [0.3, 0.4) is 0 Å². The van der Waals surface area contributed by atoms with E-state index in [1.807, 2.05) is 5.38 Å². The van der Waals surface area contributed by atoms with Gasteiger partial charge in [0, 0.05) is 31.3 Å². The molecule has 0 radical (unpaired) electrons. The highest BCUT2D eigenvalue weighted by molar-refractivity contribution is 7.12. The number of hydrogen-bond donors (Lipinski definition) is 3. The van der Waals surface area contributed by atoms with Crippen molar-refractivity contribution < 1.29 is 14.4 Å². The van der Waals surface area contributed by atoms with Crippen LogP contribution in [0.2, 0.25) is 0 Å². The lowest BCUT2D eigenvalue weighted by atomic mass is 10.2. The van der Waals surface area contributed by atoms with Gasteiger partial charge < -0.3 is 16.0 Å². The number of rotatable bonds is 6. The van der Waals surface area contributed by atoms with Gasteiger partial charge in [-0.2, -0.15) is 0 Å². The van der Waals surface area contributed by atoms with Gasteiger partial charge in [-0.1, -0.05) is 12.1 Å². The van der Waals surface area contributed by atoms with Gasteiger partial charge in [0.05, 0.1) is 4.88 Å². The zero-order valence-corrected chi connectivity index (χ0v) is 13.4. The summed E-state index contributed by atoms with van der Waals surface area (Å²) in [4.78, 5) is 35.2. The van der Waals surface area contributed by atoms with E-state index in [2.05, 4.69) is 16.0 Å². The first-order chi connectivity index (χ1) is 11.0. The molecule has 0 fully saturated rings. The third-order valence-electron chi connectivity index (χ3n) is 2.85. The molecule has 0 atom stereocenters. The maximum absolute atomic E-state index is 11.9. The summed E-state index contributed by atoms with van der Waals surface area (Å²) in [6, 6.07) is 10.4. The fraction of sp³-hybridized carbons (Fsp3) is 0.188. The summed E-state index contributed by atoms with van der Waals surface area (Å²) in [5.74, 6) is -0.568. The molecule has 0 unspecified atom stereocenters. The first-order valence-electron chi connectivity index (χ1n) is 7.04. The highest BCUT2D eigenvalue weighted by Gasteiger charge is 2.08. The molecule has 6 nitrogen and oxygen atoms in total. The summed E-state index contributed by atoms with van der Waals surface area (Å²) >= 11 is 1.35. The zero-order chi connectivity index (χ0) is 16.7. The van der Waals surface area contributed by atoms with Gasteiger partial charge in [0.15, 0.2) is 0 Å². The Morgan fingerprint density at radius 2 is 1.78 bits per heavy atom. The lowest BCUT2D eigenvalue weighted by Gasteiger charge is -2.08. The minimum Gasteiger partial charge on any atom is -0.351 e. The third kappa shape index (κ3) is 5.55. The number of benzene rings is 1. The van der Waals surface area contributed by atoms with Crippen LogP contribution in [0.1, 0.15) is 23.0 Å². The lowest BCUT2D eigenvalue weighted by molar-refractivity contribution is -0.116. The van der Waals surface area contributed by atoms with Gasteiger partial charge in [0.25, 0.3) is 5.91 Å². The van der Waals surface area contributed by atoms with Crippen molar-refractivity contribution in [2.24, 2.45) is 0 Å². The number of anilines is 2. The molecule has 2 aromatic rings. The highest BCUT2D eigenvalue weighted by Crippen LogP contribution is 2.15. The van der Waals surface area contributed by atoms with E-state index in [1.165, 1.54) is 18.3 Å². The quantitative estimate of drug-likeness (QED) is 0.760. The molecular weight excluding hydrogens is 314 g/mol. The van der Waals surface area contributed by atoms with Crippen LogP contribution in [0.15, 0.2) is 41.8 Å². The molecule has 1 aromatic heterocycles. The van der Waals surface area contributed by atoms with E-state index >= 15 is 0 Å². The van der Waals surface area contributed by atoms with Crippen LogP contribution in [0.25, 0.3) is 0 Å². The Morgan fingerprint density at radius 3 is 2.43 bits per heavy atom. The Hall–Kier alpha value is -2.67. The Labute approximate surface area is 137 Å². The number of amides is 3. The Balaban J connectivity index is 1.78. The molecule has 0 aliphatic rings. The van der Waals surface area contributed by atoms with Crippen molar-refractivity contribution >= 4 is 40.4 Å². The maximum Gasteiger partial charge on any atom is 0.261 e. The van der Waals surface area contributed by atoms with Gasteiger partial charge in [-0.25, -0.2) is 0 Å². The molecule has 0 saturated carbocycles. The van der Waals surface area contributed by atoms with Gasteiger partial charge in [0.1, 0.15) is 0 Å². The highest BCUT2D eigenvalue weighted by atomic mass is 32.1. The molecule has 0 saturated heterocycles. The first-order valence-corrected chi connectivity index (χ1v) is 7.92. The van der Waals surface area contributed by atoms with Gasteiger partial charge in [-0.15, -0.1) is 11.3 Å². The second-order valence-electron chi connectivity index (χ2n) is 4.79. The molecule has 2 rings (SSSR count). The van der Waals surface area contributed by atoms with Crippen molar-refractivity contribution in [2.75, 3.05) is 17.2 Å². The van der Waals surface area contributed by atoms with E-state index in [-0.39, 0.29) is 30.7 Å². The van der Waals surface area contributed by atoms with Crippen molar-refractivity contribution in [1.29, 1.82) is 0 Å². The standard InChI is InChI=1S/C16H17N3O3S/c1-11(20)18-12-4-2-5-13(10-12)19-15(21)7-8-17-16(22)14-6-3-9-23-14/h2-6,9-10H,7-8H2,1H3,(H,17,22)(H,18,20)(H,19,21). The predicted molar refractivity (Wildman–Crippen MR) is 90.6 cm³/mol. The fourth-order valence-corrected chi connectivity index (χ4v) is 2.53. The second-order valence-corrected chi connectivity index (χ2v) is 5.74. The van der Waals surface area contributed by atoms with Crippen molar-refractivity contribution in [3.8, 4) is 0 Å². The Bertz CT molecular complexity index is 698. The summed E-state index contributed by atoms with van der Waals surface area (Å²) in [5.41, 5.74) is 1.20. The molecule has 0 aliphatic heterocycles. The van der Waals surface area contributed by atoms with E-state index in [4.69, 9.17) is 0 Å². The Kier molecular flexibility index (Phi) is 5.87. The van der Waals surface area contributed by atoms with E-state index < -0.39 is 0 Å². The van der Waals surface area contributed by atoms with Gasteiger partial charge in [-0.05, 0) is 29.6 Å². The van der Waals surface area contributed by atoms with Crippen molar-refractivity contribution in [3.63, 3.8) is 0 Å². The zero-order valence-electron chi connectivity index (χ0n) is 12.6. The van der Waals surface area contributed by atoms with Crippen molar-refractivity contribution in [1.82, 2.24) is 5.32 Å². The number of carbonyl (C=O) groups is 3. The molecule has 0 spiro atoms. The molecule has 1 aromatic carbocycles. The molecule has 0 bridgehead atoms. The molecule has 3 N–H and O–H groups in total. The molecule has 0 aliphatic carbocycles. The van der Waals surface area contributed by atoms with Crippen LogP contribution >= 0.6 is 11.3 Å². The average molecular weight is 331 g/mol. The summed E-state index contributed by atoms with van der Waals surface area (Å²) in [6.45, 7) is 1.68. The largest absolute Gasteiger partial charge is 0.351 e. The summed E-state index contributed by atoms with van der Waals surface area (Å²) in [7, 11) is 0. The minimum atomic E-state index is -0.212. The van der Waals surface area contributed by atoms with E-state index in [0.29, 0.717) is 16.3 Å². The van der Waals surface area contributed by atoms with E-state index in [9.17, 15) is 14.4 Å². The van der Waals surface area contributed by atoms with E-state index in [0.717, 1.165) is 0 Å². The molecule has 7 heteroatoms. The topological polar surface area (TPSA) is 87.3 Å². The van der Waals surface area contributed by atoms with Crippen LogP contribution in [0.4, 0.5) is 11.4 Å². The monoisotopic (exact) mass is 331 g/mol. The summed E-state index contributed by atoms with van der Waals surface area (Å²) < 4.78 is 0. The number of hydrogen-bond acceptors (Lipinski definition) is 4. The van der Waals surface area contributed by atoms with Gasteiger partial charge in [-0.3, -0.25) is 14.4 Å². The first kappa shape index (κ1) is 16.7. The number of nitrogens with one attached hydrogen (secondary N) is 3. The molecule has 1 heterocycles. The fourth-order valence-electron chi connectivity index (χ4n) is 1.89. The normalized spacial score (nSPS) is 9.96. The van der Waals surface area contributed by atoms with Crippen LogP contribution in [-0.2, 0) is 9.59 Å². The average Bonchev–Trinajstić information content (AvgIpc) is 3.01.